The third-order valence-corrected chi connectivity index (χ3v) is 6.01. The van der Waals surface area contributed by atoms with Gasteiger partial charge in [0.25, 0.3) is 0 Å². The molecule has 5 rings (SSSR count). The number of rotatable bonds is 5. The lowest BCUT2D eigenvalue weighted by Crippen LogP contribution is -2.32. The van der Waals surface area contributed by atoms with Gasteiger partial charge in [-0.15, -0.1) is 0 Å². The average Bonchev–Trinajstić information content (AvgIpc) is 3.41. The Bertz CT molecular complexity index is 1110. The zero-order valence-corrected chi connectivity index (χ0v) is 16.6. The van der Waals surface area contributed by atoms with E-state index in [9.17, 15) is 14.0 Å². The van der Waals surface area contributed by atoms with Crippen LogP contribution in [0.5, 0.6) is 0 Å². The summed E-state index contributed by atoms with van der Waals surface area (Å²) in [6.07, 6.45) is 4.48. The Hall–Kier alpha value is -3.22. The predicted octanol–water partition coefficient (Wildman–Crippen LogP) is 3.10. The van der Waals surface area contributed by atoms with Gasteiger partial charge in [0, 0.05) is 19.0 Å². The van der Waals surface area contributed by atoms with E-state index in [4.69, 9.17) is 0 Å². The maximum absolute atomic E-state index is 13.1. The molecule has 0 N–H and O–H groups in total. The number of aromatic nitrogens is 3. The average molecular weight is 406 g/mol. The molecule has 0 radical (unpaired) electrons. The first kappa shape index (κ1) is 18.8. The molecule has 1 amide bonds. The standard InChI is InChI=1S/C23H23FN4O2/c24-20-7-3-17(4-8-20)18-5-9-21(10-6-18)27-15-25-28(23(27)30)14-16-11-12-26(13-16)22(29)19-1-2-19/h3-10,15-16,19H,1-2,11-14H2/t16-/m0/s1. The van der Waals surface area contributed by atoms with Crippen molar-refractivity contribution in [1.82, 2.24) is 19.2 Å². The Morgan fingerprint density at radius 2 is 1.67 bits per heavy atom. The Labute approximate surface area is 173 Å². The SMILES string of the molecule is O=C(C1CC1)N1CC[C@H](Cn2ncn(-c3ccc(-c4ccc(F)cc4)cc3)c2=O)C1. The van der Waals surface area contributed by atoms with Crippen LogP contribution in [0.3, 0.4) is 0 Å². The smallest absolute Gasteiger partial charge is 0.342 e. The van der Waals surface area contributed by atoms with Crippen LogP contribution in [0, 0.1) is 17.7 Å². The summed E-state index contributed by atoms with van der Waals surface area (Å²) in [7, 11) is 0. The fraction of sp³-hybridized carbons (Fsp3) is 0.348. The van der Waals surface area contributed by atoms with E-state index in [0.717, 1.165) is 42.6 Å². The van der Waals surface area contributed by atoms with Crippen molar-refractivity contribution in [3.8, 4) is 16.8 Å². The minimum atomic E-state index is -0.267. The number of carbonyl (C=O) groups excluding carboxylic acids is 1. The summed E-state index contributed by atoms with van der Waals surface area (Å²) in [5, 5.41) is 4.29. The highest BCUT2D eigenvalue weighted by molar-refractivity contribution is 5.81. The van der Waals surface area contributed by atoms with Gasteiger partial charge in [-0.3, -0.25) is 4.79 Å². The summed E-state index contributed by atoms with van der Waals surface area (Å²) in [6, 6.07) is 13.9. The van der Waals surface area contributed by atoms with Crippen LogP contribution in [0.2, 0.25) is 0 Å². The van der Waals surface area contributed by atoms with Gasteiger partial charge in [-0.1, -0.05) is 24.3 Å². The molecule has 1 saturated heterocycles. The van der Waals surface area contributed by atoms with E-state index < -0.39 is 0 Å². The highest BCUT2D eigenvalue weighted by Crippen LogP contribution is 2.33. The molecule has 1 aliphatic heterocycles. The van der Waals surface area contributed by atoms with Crippen molar-refractivity contribution in [3.63, 3.8) is 0 Å². The molecule has 2 aromatic carbocycles. The number of halogens is 1. The van der Waals surface area contributed by atoms with Crippen LogP contribution in [0.15, 0.2) is 59.7 Å². The molecule has 6 nitrogen and oxygen atoms in total. The van der Waals surface area contributed by atoms with E-state index in [2.05, 4.69) is 5.10 Å². The first-order chi connectivity index (χ1) is 14.6. The maximum atomic E-state index is 13.1. The highest BCUT2D eigenvalue weighted by Gasteiger charge is 2.36. The van der Waals surface area contributed by atoms with Crippen molar-refractivity contribution in [3.05, 3.63) is 71.2 Å². The van der Waals surface area contributed by atoms with Crippen molar-refractivity contribution in [1.29, 1.82) is 0 Å². The Balaban J connectivity index is 1.28. The van der Waals surface area contributed by atoms with Crippen molar-refractivity contribution in [2.24, 2.45) is 11.8 Å². The Morgan fingerprint density at radius 3 is 2.33 bits per heavy atom. The van der Waals surface area contributed by atoms with Crippen molar-refractivity contribution in [2.75, 3.05) is 13.1 Å². The lowest BCUT2D eigenvalue weighted by molar-refractivity contribution is -0.131. The van der Waals surface area contributed by atoms with E-state index in [1.54, 1.807) is 12.1 Å². The first-order valence-electron chi connectivity index (χ1n) is 10.4. The molecule has 30 heavy (non-hydrogen) atoms. The van der Waals surface area contributed by atoms with Crippen LogP contribution in [0.25, 0.3) is 16.8 Å². The summed E-state index contributed by atoms with van der Waals surface area (Å²) in [5.41, 5.74) is 2.41. The second-order valence-corrected chi connectivity index (χ2v) is 8.23. The molecular weight excluding hydrogens is 383 g/mol. The van der Waals surface area contributed by atoms with Gasteiger partial charge in [0.1, 0.15) is 12.1 Å². The maximum Gasteiger partial charge on any atom is 0.350 e. The van der Waals surface area contributed by atoms with Gasteiger partial charge >= 0.3 is 5.69 Å². The summed E-state index contributed by atoms with van der Waals surface area (Å²) in [6.45, 7) is 2.01. The predicted molar refractivity (Wildman–Crippen MR) is 111 cm³/mol. The largest absolute Gasteiger partial charge is 0.350 e. The fourth-order valence-electron chi connectivity index (χ4n) is 4.11. The number of carbonyl (C=O) groups is 1. The van der Waals surface area contributed by atoms with Crippen LogP contribution in [-0.2, 0) is 11.3 Å². The van der Waals surface area contributed by atoms with Gasteiger partial charge in [-0.2, -0.15) is 5.10 Å². The van der Waals surface area contributed by atoms with Gasteiger partial charge in [0.2, 0.25) is 5.91 Å². The van der Waals surface area contributed by atoms with E-state index in [1.165, 1.54) is 27.7 Å². The molecule has 0 spiro atoms. The van der Waals surface area contributed by atoms with Gasteiger partial charge in [-0.25, -0.2) is 18.4 Å². The minimum absolute atomic E-state index is 0.184. The van der Waals surface area contributed by atoms with Crippen LogP contribution >= 0.6 is 0 Å². The van der Waals surface area contributed by atoms with E-state index in [-0.39, 0.29) is 29.2 Å². The summed E-state index contributed by atoms with van der Waals surface area (Å²) in [4.78, 5) is 27.0. The number of amides is 1. The molecule has 7 heteroatoms. The van der Waals surface area contributed by atoms with E-state index in [1.807, 2.05) is 29.2 Å². The Kier molecular flexibility index (Phi) is 4.73. The van der Waals surface area contributed by atoms with Crippen LogP contribution < -0.4 is 5.69 Å². The minimum Gasteiger partial charge on any atom is -0.342 e. The summed E-state index contributed by atoms with van der Waals surface area (Å²) >= 11 is 0. The van der Waals surface area contributed by atoms with Crippen molar-refractivity contribution >= 4 is 5.91 Å². The molecule has 2 heterocycles. The van der Waals surface area contributed by atoms with E-state index in [0.29, 0.717) is 13.1 Å². The molecule has 1 aromatic heterocycles. The molecule has 3 aromatic rings. The molecule has 1 atom stereocenters. The molecular formula is C23H23FN4O2. The van der Waals surface area contributed by atoms with Crippen LogP contribution in [0.1, 0.15) is 19.3 Å². The molecule has 1 aliphatic carbocycles. The lowest BCUT2D eigenvalue weighted by Gasteiger charge is -2.16. The summed E-state index contributed by atoms with van der Waals surface area (Å²) in [5.74, 6) is 0.506. The number of likely N-dealkylation sites (tertiary alicyclic amines) is 1. The third kappa shape index (κ3) is 3.67. The van der Waals surface area contributed by atoms with Gasteiger partial charge in [0.05, 0.1) is 12.2 Å². The van der Waals surface area contributed by atoms with Gasteiger partial charge in [0.15, 0.2) is 0 Å². The Morgan fingerprint density at radius 1 is 1.00 bits per heavy atom. The first-order valence-corrected chi connectivity index (χ1v) is 10.4. The highest BCUT2D eigenvalue weighted by atomic mass is 19.1. The number of nitrogens with zero attached hydrogens (tertiary/aromatic N) is 4. The normalized spacial score (nSPS) is 18.7. The fourth-order valence-corrected chi connectivity index (χ4v) is 4.11. The number of benzene rings is 2. The van der Waals surface area contributed by atoms with Crippen LogP contribution in [-0.4, -0.2) is 38.2 Å². The molecule has 1 saturated carbocycles. The van der Waals surface area contributed by atoms with Gasteiger partial charge in [-0.05, 0) is 60.6 Å². The zero-order chi connectivity index (χ0) is 20.7. The molecule has 154 valence electrons. The quantitative estimate of drug-likeness (QED) is 0.654. The van der Waals surface area contributed by atoms with E-state index >= 15 is 0 Å². The van der Waals surface area contributed by atoms with Crippen molar-refractivity contribution < 1.29 is 9.18 Å². The second kappa shape index (κ2) is 7.55. The second-order valence-electron chi connectivity index (χ2n) is 8.23. The van der Waals surface area contributed by atoms with Crippen LogP contribution in [0.4, 0.5) is 4.39 Å². The summed E-state index contributed by atoms with van der Waals surface area (Å²) < 4.78 is 16.1. The molecule has 0 bridgehead atoms. The third-order valence-electron chi connectivity index (χ3n) is 6.01. The topological polar surface area (TPSA) is 60.1 Å². The zero-order valence-electron chi connectivity index (χ0n) is 16.6. The lowest BCUT2D eigenvalue weighted by atomic mass is 10.1. The van der Waals surface area contributed by atoms with Crippen molar-refractivity contribution in [2.45, 2.75) is 25.8 Å². The van der Waals surface area contributed by atoms with Gasteiger partial charge < -0.3 is 4.90 Å². The molecule has 0 unspecified atom stereocenters. The number of hydrogen-bond acceptors (Lipinski definition) is 3. The monoisotopic (exact) mass is 406 g/mol. The number of hydrogen-bond donors (Lipinski definition) is 0. The molecule has 2 fully saturated rings. The molecule has 2 aliphatic rings.